The lowest BCUT2D eigenvalue weighted by Crippen LogP contribution is -2.62. The van der Waals surface area contributed by atoms with Crippen LogP contribution in [-0.4, -0.2) is 24.2 Å². The molecule has 1 aliphatic rings. The van der Waals surface area contributed by atoms with E-state index in [-0.39, 0.29) is 11.5 Å². The predicted molar refractivity (Wildman–Crippen MR) is 87.1 cm³/mol. The molecule has 0 saturated carbocycles. The molecular weight excluding hydrogens is 286 g/mol. The first-order valence-corrected chi connectivity index (χ1v) is 7.67. The number of nitrogens with zero attached hydrogens (tertiary/aromatic N) is 1. The van der Waals surface area contributed by atoms with Crippen LogP contribution in [0, 0.1) is 0 Å². The first kappa shape index (κ1) is 16.2. The smallest absolute Gasteiger partial charge is 0.331 e. The van der Waals surface area contributed by atoms with Crippen LogP contribution in [0.25, 0.3) is 0 Å². The molecule has 0 aliphatic carbocycles. The average molecular weight is 310 g/mol. The molecule has 0 spiro atoms. The van der Waals surface area contributed by atoms with Crippen molar-refractivity contribution in [3.05, 3.63) is 28.8 Å². The number of fused-ring (bicyclic) bond motifs is 1. The molecule has 3 nitrogen and oxygen atoms in total. The average Bonchev–Trinajstić information content (AvgIpc) is 2.37. The van der Waals surface area contributed by atoms with E-state index in [4.69, 9.17) is 16.3 Å². The van der Waals surface area contributed by atoms with E-state index in [9.17, 15) is 4.79 Å². The van der Waals surface area contributed by atoms with Crippen molar-refractivity contribution in [2.75, 3.05) is 12.0 Å². The molecule has 116 valence electrons. The van der Waals surface area contributed by atoms with Gasteiger partial charge in [0.1, 0.15) is 5.54 Å². The lowest BCUT2D eigenvalue weighted by atomic mass is 9.77. The summed E-state index contributed by atoms with van der Waals surface area (Å²) in [4.78, 5) is 14.5. The standard InChI is InChI=1S/C17H24ClNO2/c1-11-10-16(2,3)19(17(4,5)15(20)21-6)14-8-7-12(18)9-13(11)14/h7-9,11H,10H2,1-6H3. The molecule has 0 bridgehead atoms. The highest BCUT2D eigenvalue weighted by Crippen LogP contribution is 2.47. The van der Waals surface area contributed by atoms with Gasteiger partial charge in [-0.05, 0) is 63.8 Å². The third kappa shape index (κ3) is 2.64. The Bertz CT molecular complexity index is 566. The summed E-state index contributed by atoms with van der Waals surface area (Å²) >= 11 is 6.15. The summed E-state index contributed by atoms with van der Waals surface area (Å²) in [6.45, 7) is 10.4. The molecule has 0 fully saturated rings. The van der Waals surface area contributed by atoms with Gasteiger partial charge in [0.05, 0.1) is 7.11 Å². The van der Waals surface area contributed by atoms with E-state index in [1.807, 2.05) is 32.0 Å². The molecule has 1 heterocycles. The van der Waals surface area contributed by atoms with Gasteiger partial charge in [-0.3, -0.25) is 0 Å². The maximum absolute atomic E-state index is 12.3. The molecule has 1 unspecified atom stereocenters. The van der Waals surface area contributed by atoms with Gasteiger partial charge in [-0.2, -0.15) is 0 Å². The number of anilines is 1. The zero-order valence-corrected chi connectivity index (χ0v) is 14.4. The molecule has 0 saturated heterocycles. The van der Waals surface area contributed by atoms with Crippen LogP contribution in [0.1, 0.15) is 52.5 Å². The Morgan fingerprint density at radius 3 is 2.62 bits per heavy atom. The van der Waals surface area contributed by atoms with Gasteiger partial charge in [-0.1, -0.05) is 18.5 Å². The van der Waals surface area contributed by atoms with E-state index in [0.29, 0.717) is 5.92 Å². The largest absolute Gasteiger partial charge is 0.467 e. The molecule has 0 radical (unpaired) electrons. The Kier molecular flexibility index (Phi) is 4.00. The van der Waals surface area contributed by atoms with Crippen molar-refractivity contribution in [2.45, 2.75) is 58.0 Å². The summed E-state index contributed by atoms with van der Waals surface area (Å²) in [6.07, 6.45) is 0.959. The van der Waals surface area contributed by atoms with E-state index < -0.39 is 5.54 Å². The summed E-state index contributed by atoms with van der Waals surface area (Å²) in [5, 5.41) is 0.733. The highest BCUT2D eigenvalue weighted by Gasteiger charge is 2.47. The Balaban J connectivity index is 2.63. The molecule has 0 aromatic heterocycles. The van der Waals surface area contributed by atoms with Crippen molar-refractivity contribution >= 4 is 23.3 Å². The topological polar surface area (TPSA) is 29.5 Å². The number of ether oxygens (including phenoxy) is 1. The summed E-state index contributed by atoms with van der Waals surface area (Å²) < 4.78 is 5.02. The van der Waals surface area contributed by atoms with Crippen LogP contribution < -0.4 is 4.90 Å². The number of esters is 1. The van der Waals surface area contributed by atoms with Gasteiger partial charge in [-0.25, -0.2) is 4.79 Å². The van der Waals surface area contributed by atoms with Crippen LogP contribution >= 0.6 is 11.6 Å². The van der Waals surface area contributed by atoms with Crippen LogP contribution in [0.4, 0.5) is 5.69 Å². The molecule has 1 aromatic rings. The molecular formula is C17H24ClNO2. The fourth-order valence-corrected chi connectivity index (χ4v) is 3.98. The number of carbonyl (C=O) groups excluding carboxylic acids is 1. The van der Waals surface area contributed by atoms with Crippen LogP contribution in [0.2, 0.25) is 5.02 Å². The van der Waals surface area contributed by atoms with Crippen molar-refractivity contribution in [3.8, 4) is 0 Å². The minimum Gasteiger partial charge on any atom is -0.467 e. The van der Waals surface area contributed by atoms with Gasteiger partial charge in [0.2, 0.25) is 0 Å². The third-order valence-electron chi connectivity index (χ3n) is 4.42. The highest BCUT2D eigenvalue weighted by molar-refractivity contribution is 6.30. The quantitative estimate of drug-likeness (QED) is 0.759. The number of hydrogen-bond donors (Lipinski definition) is 0. The second-order valence-corrected chi connectivity index (χ2v) is 7.44. The Morgan fingerprint density at radius 1 is 1.43 bits per heavy atom. The SMILES string of the molecule is COC(=O)C(C)(C)N1c2ccc(Cl)cc2C(C)CC1(C)C. The maximum atomic E-state index is 12.3. The van der Waals surface area contributed by atoms with E-state index in [2.05, 4.69) is 25.7 Å². The number of carbonyl (C=O) groups is 1. The third-order valence-corrected chi connectivity index (χ3v) is 4.65. The number of rotatable bonds is 2. The minimum atomic E-state index is -0.735. The summed E-state index contributed by atoms with van der Waals surface area (Å²) in [5.74, 6) is 0.171. The second kappa shape index (κ2) is 5.20. The lowest BCUT2D eigenvalue weighted by molar-refractivity contribution is -0.146. The van der Waals surface area contributed by atoms with Gasteiger partial charge >= 0.3 is 5.97 Å². The molecule has 1 aliphatic heterocycles. The monoisotopic (exact) mass is 309 g/mol. The number of hydrogen-bond acceptors (Lipinski definition) is 3. The number of methoxy groups -OCH3 is 1. The fraction of sp³-hybridized carbons (Fsp3) is 0.588. The van der Waals surface area contributed by atoms with Crippen molar-refractivity contribution < 1.29 is 9.53 Å². The molecule has 4 heteroatoms. The molecule has 21 heavy (non-hydrogen) atoms. The van der Waals surface area contributed by atoms with Crippen LogP contribution in [-0.2, 0) is 9.53 Å². The van der Waals surface area contributed by atoms with Crippen molar-refractivity contribution in [1.82, 2.24) is 0 Å². The van der Waals surface area contributed by atoms with Crippen molar-refractivity contribution in [2.24, 2.45) is 0 Å². The van der Waals surface area contributed by atoms with Crippen LogP contribution in [0.5, 0.6) is 0 Å². The van der Waals surface area contributed by atoms with Gasteiger partial charge in [0, 0.05) is 16.2 Å². The van der Waals surface area contributed by atoms with E-state index in [1.54, 1.807) is 0 Å². The first-order valence-electron chi connectivity index (χ1n) is 7.29. The summed E-state index contributed by atoms with van der Waals surface area (Å²) in [6, 6.07) is 5.91. The van der Waals surface area contributed by atoms with E-state index in [0.717, 1.165) is 17.1 Å². The summed E-state index contributed by atoms with van der Waals surface area (Å²) in [7, 11) is 1.44. The molecule has 2 rings (SSSR count). The normalized spacial score (nSPS) is 20.9. The molecule has 0 N–H and O–H groups in total. The first-order chi connectivity index (χ1) is 9.61. The van der Waals surface area contributed by atoms with Crippen molar-refractivity contribution in [1.29, 1.82) is 0 Å². The van der Waals surface area contributed by atoms with Gasteiger partial charge in [0.25, 0.3) is 0 Å². The van der Waals surface area contributed by atoms with Gasteiger partial charge in [0.15, 0.2) is 0 Å². The van der Waals surface area contributed by atoms with Crippen molar-refractivity contribution in [3.63, 3.8) is 0 Å². The second-order valence-electron chi connectivity index (χ2n) is 7.01. The Morgan fingerprint density at radius 2 is 2.05 bits per heavy atom. The van der Waals surface area contributed by atoms with E-state index >= 15 is 0 Å². The van der Waals surface area contributed by atoms with Crippen LogP contribution in [0.15, 0.2) is 18.2 Å². The molecule has 1 atom stereocenters. The lowest BCUT2D eigenvalue weighted by Gasteiger charge is -2.53. The molecule has 1 aromatic carbocycles. The fourth-order valence-electron chi connectivity index (χ4n) is 3.80. The maximum Gasteiger partial charge on any atom is 0.331 e. The number of benzene rings is 1. The minimum absolute atomic E-state index is 0.141. The Hall–Kier alpha value is -1.22. The highest BCUT2D eigenvalue weighted by atomic mass is 35.5. The van der Waals surface area contributed by atoms with E-state index in [1.165, 1.54) is 12.7 Å². The predicted octanol–water partition coefficient (Wildman–Crippen LogP) is 4.38. The zero-order chi connectivity index (χ0) is 16.0. The van der Waals surface area contributed by atoms with Gasteiger partial charge < -0.3 is 9.64 Å². The summed E-state index contributed by atoms with van der Waals surface area (Å²) in [5.41, 5.74) is 1.39. The number of halogens is 1. The molecule has 0 amide bonds. The van der Waals surface area contributed by atoms with Crippen LogP contribution in [0.3, 0.4) is 0 Å². The van der Waals surface area contributed by atoms with Gasteiger partial charge in [-0.15, -0.1) is 0 Å². The zero-order valence-electron chi connectivity index (χ0n) is 13.7. The Labute approximate surface area is 132 Å².